The second-order valence-corrected chi connectivity index (χ2v) is 6.95. The minimum absolute atomic E-state index is 0.0130. The van der Waals surface area contributed by atoms with Gasteiger partial charge in [0.1, 0.15) is 17.3 Å². The number of benzene rings is 2. The zero-order valence-corrected chi connectivity index (χ0v) is 15.5. The number of fused-ring (bicyclic) bond motifs is 1. The van der Waals surface area contributed by atoms with Crippen molar-refractivity contribution < 1.29 is 10.2 Å². The number of phenolic OH excluding ortho intramolecular Hbond substituents is 2. The summed E-state index contributed by atoms with van der Waals surface area (Å²) in [6.45, 7) is 7.74. The average molecular weight is 367 g/mol. The number of nitrogens with zero attached hydrogens (tertiary/aromatic N) is 1. The predicted octanol–water partition coefficient (Wildman–Crippen LogP) is 4.94. The fourth-order valence-corrected chi connectivity index (χ4v) is 3.17. The number of aromatic nitrogens is 1. The van der Waals surface area contributed by atoms with Crippen molar-refractivity contribution in [1.29, 1.82) is 5.41 Å². The molecule has 0 aliphatic carbocycles. The van der Waals surface area contributed by atoms with Crippen LogP contribution in [-0.2, 0) is 0 Å². The minimum Gasteiger partial charge on any atom is -0.508 e. The lowest BCUT2D eigenvalue weighted by atomic mass is 9.98. The normalized spacial score (nSPS) is 11.1. The van der Waals surface area contributed by atoms with Gasteiger partial charge < -0.3 is 15.2 Å². The molecule has 0 atom stereocenters. The SMILES string of the molecule is C=C(S)N(C(=N)c1cc(C(C)C)c(O)cc1O)c1ccc2[nH]ccc2c1. The van der Waals surface area contributed by atoms with Crippen LogP contribution in [0.4, 0.5) is 5.69 Å². The lowest BCUT2D eigenvalue weighted by Gasteiger charge is -2.26. The van der Waals surface area contributed by atoms with E-state index < -0.39 is 0 Å². The molecule has 0 spiro atoms. The van der Waals surface area contributed by atoms with Crippen LogP contribution in [0.25, 0.3) is 10.9 Å². The number of aromatic hydroxyl groups is 2. The van der Waals surface area contributed by atoms with Gasteiger partial charge in [-0.25, -0.2) is 0 Å². The molecule has 0 unspecified atom stereocenters. The molecule has 4 N–H and O–H groups in total. The van der Waals surface area contributed by atoms with Crippen molar-refractivity contribution in [2.75, 3.05) is 4.90 Å². The monoisotopic (exact) mass is 367 g/mol. The van der Waals surface area contributed by atoms with Crippen molar-refractivity contribution in [2.45, 2.75) is 19.8 Å². The number of phenols is 2. The Hall–Kier alpha value is -2.86. The van der Waals surface area contributed by atoms with Crippen LogP contribution in [0.3, 0.4) is 0 Å². The van der Waals surface area contributed by atoms with E-state index in [2.05, 4.69) is 24.2 Å². The zero-order valence-electron chi connectivity index (χ0n) is 14.6. The van der Waals surface area contributed by atoms with Crippen molar-refractivity contribution in [3.8, 4) is 11.5 Å². The van der Waals surface area contributed by atoms with Gasteiger partial charge in [0.15, 0.2) is 0 Å². The molecule has 0 amide bonds. The molecule has 0 aliphatic heterocycles. The Morgan fingerprint density at radius 1 is 1.15 bits per heavy atom. The third-order valence-electron chi connectivity index (χ3n) is 4.30. The Morgan fingerprint density at radius 3 is 2.54 bits per heavy atom. The number of H-pyrrole nitrogens is 1. The van der Waals surface area contributed by atoms with E-state index in [1.54, 1.807) is 11.0 Å². The van der Waals surface area contributed by atoms with Crippen LogP contribution in [-0.4, -0.2) is 21.0 Å². The van der Waals surface area contributed by atoms with Crippen LogP contribution in [0.2, 0.25) is 0 Å². The Balaban J connectivity index is 2.10. The maximum atomic E-state index is 10.3. The van der Waals surface area contributed by atoms with Gasteiger partial charge in [-0.3, -0.25) is 10.3 Å². The molecule has 5 nitrogen and oxygen atoms in total. The third kappa shape index (κ3) is 3.15. The summed E-state index contributed by atoms with van der Waals surface area (Å²) in [6.07, 6.45) is 1.85. The summed E-state index contributed by atoms with van der Waals surface area (Å²) in [5.74, 6) is -0.0801. The molecular weight excluding hydrogens is 346 g/mol. The highest BCUT2D eigenvalue weighted by Gasteiger charge is 2.21. The lowest BCUT2D eigenvalue weighted by molar-refractivity contribution is 0.443. The Labute approximate surface area is 157 Å². The number of hydrogen-bond donors (Lipinski definition) is 5. The van der Waals surface area contributed by atoms with Crippen LogP contribution in [0.5, 0.6) is 11.5 Å². The van der Waals surface area contributed by atoms with Gasteiger partial charge in [0.2, 0.25) is 0 Å². The van der Waals surface area contributed by atoms with E-state index in [1.807, 2.05) is 44.3 Å². The van der Waals surface area contributed by atoms with Gasteiger partial charge in [0, 0.05) is 28.9 Å². The van der Waals surface area contributed by atoms with Gasteiger partial charge in [-0.05, 0) is 41.8 Å². The first-order valence-electron chi connectivity index (χ1n) is 8.19. The van der Waals surface area contributed by atoms with Gasteiger partial charge in [0.05, 0.1) is 10.6 Å². The fourth-order valence-electron chi connectivity index (χ4n) is 2.95. The molecule has 134 valence electrons. The maximum absolute atomic E-state index is 10.3. The van der Waals surface area contributed by atoms with Gasteiger partial charge in [-0.1, -0.05) is 20.4 Å². The first-order chi connectivity index (χ1) is 12.3. The Bertz CT molecular complexity index is 1010. The third-order valence-corrected chi connectivity index (χ3v) is 4.50. The van der Waals surface area contributed by atoms with Gasteiger partial charge in [-0.15, -0.1) is 12.6 Å². The molecule has 0 saturated carbocycles. The molecule has 2 aromatic carbocycles. The first kappa shape index (κ1) is 17.9. The topological polar surface area (TPSA) is 83.3 Å². The summed E-state index contributed by atoms with van der Waals surface area (Å²) in [7, 11) is 0. The molecule has 3 aromatic rings. The van der Waals surface area contributed by atoms with E-state index in [0.717, 1.165) is 10.9 Å². The second kappa shape index (κ2) is 6.80. The molecule has 0 radical (unpaired) electrons. The number of aromatic amines is 1. The van der Waals surface area contributed by atoms with Crippen molar-refractivity contribution >= 4 is 35.1 Å². The van der Waals surface area contributed by atoms with E-state index >= 15 is 0 Å². The second-order valence-electron chi connectivity index (χ2n) is 6.43. The molecule has 1 aromatic heterocycles. The molecule has 3 rings (SSSR count). The van der Waals surface area contributed by atoms with Crippen molar-refractivity contribution in [3.05, 3.63) is 65.3 Å². The number of hydrogen-bond acceptors (Lipinski definition) is 4. The van der Waals surface area contributed by atoms with E-state index in [9.17, 15) is 10.2 Å². The highest BCUT2D eigenvalue weighted by atomic mass is 32.1. The summed E-state index contributed by atoms with van der Waals surface area (Å²) in [4.78, 5) is 4.68. The average Bonchev–Trinajstić information content (AvgIpc) is 3.02. The molecule has 0 aliphatic rings. The predicted molar refractivity (Wildman–Crippen MR) is 110 cm³/mol. The quantitative estimate of drug-likeness (QED) is 0.257. The number of anilines is 1. The first-order valence-corrected chi connectivity index (χ1v) is 8.64. The molecule has 6 heteroatoms. The lowest BCUT2D eigenvalue weighted by Crippen LogP contribution is -2.28. The number of amidine groups is 1. The smallest absolute Gasteiger partial charge is 0.141 e. The largest absolute Gasteiger partial charge is 0.508 e. The van der Waals surface area contributed by atoms with Crippen LogP contribution in [0, 0.1) is 5.41 Å². The van der Waals surface area contributed by atoms with Gasteiger partial charge in [-0.2, -0.15) is 0 Å². The minimum atomic E-state index is -0.167. The van der Waals surface area contributed by atoms with Crippen molar-refractivity contribution in [1.82, 2.24) is 4.98 Å². The van der Waals surface area contributed by atoms with Crippen LogP contribution >= 0.6 is 12.6 Å². The highest BCUT2D eigenvalue weighted by Crippen LogP contribution is 2.35. The van der Waals surface area contributed by atoms with Crippen molar-refractivity contribution in [2.24, 2.45) is 0 Å². The highest BCUT2D eigenvalue weighted by molar-refractivity contribution is 7.84. The molecule has 0 saturated heterocycles. The standard InChI is InChI=1S/C20H21N3O2S/c1-11(2)15-9-16(19(25)10-18(15)24)20(21)23(12(3)26)14-4-5-17-13(8-14)6-7-22-17/h4-11,21-22,24-26H,3H2,1-2H3. The zero-order chi connectivity index (χ0) is 19.0. The number of nitrogens with one attached hydrogen (secondary N) is 2. The number of thiol groups is 1. The fraction of sp³-hybridized carbons (Fsp3) is 0.150. The van der Waals surface area contributed by atoms with Crippen molar-refractivity contribution in [3.63, 3.8) is 0 Å². The maximum Gasteiger partial charge on any atom is 0.141 e. The van der Waals surface area contributed by atoms with Crippen LogP contribution < -0.4 is 4.90 Å². The van der Waals surface area contributed by atoms with E-state index in [1.165, 1.54) is 6.07 Å². The van der Waals surface area contributed by atoms with E-state index in [0.29, 0.717) is 21.8 Å². The van der Waals surface area contributed by atoms with E-state index in [-0.39, 0.29) is 23.3 Å². The number of rotatable bonds is 4. The summed E-state index contributed by atoms with van der Waals surface area (Å²) >= 11 is 4.35. The summed E-state index contributed by atoms with van der Waals surface area (Å²) in [5, 5.41) is 30.3. The summed E-state index contributed by atoms with van der Waals surface area (Å²) in [5.41, 5.74) is 2.66. The molecular formula is C20H21N3O2S. The van der Waals surface area contributed by atoms with Crippen LogP contribution in [0.1, 0.15) is 30.9 Å². The molecule has 1 heterocycles. The molecule has 0 fully saturated rings. The summed E-state index contributed by atoms with van der Waals surface area (Å²) in [6, 6.07) is 10.5. The van der Waals surface area contributed by atoms with Crippen LogP contribution in [0.15, 0.2) is 54.2 Å². The van der Waals surface area contributed by atoms with Gasteiger partial charge >= 0.3 is 0 Å². The van der Waals surface area contributed by atoms with Gasteiger partial charge in [0.25, 0.3) is 0 Å². The van der Waals surface area contributed by atoms with E-state index in [4.69, 9.17) is 5.41 Å². The summed E-state index contributed by atoms with van der Waals surface area (Å²) < 4.78 is 0. The molecule has 26 heavy (non-hydrogen) atoms. The Morgan fingerprint density at radius 2 is 1.88 bits per heavy atom. The Kier molecular flexibility index (Phi) is 4.70. The molecule has 0 bridgehead atoms.